The molecule has 0 aliphatic rings. The molecule has 0 saturated carbocycles. The number of benzene rings is 1. The van der Waals surface area contributed by atoms with E-state index >= 15 is 0 Å². The van der Waals surface area contributed by atoms with Gasteiger partial charge in [-0.05, 0) is 25.0 Å². The van der Waals surface area contributed by atoms with Crippen LogP contribution in [0.25, 0.3) is 0 Å². The third-order valence-electron chi connectivity index (χ3n) is 1.86. The van der Waals surface area contributed by atoms with Crippen LogP contribution in [-0.4, -0.2) is 4.99 Å². The standard InChI is InChI=1S/C10H13NS/c1-7-3-4-9(6-10(11)12)8(2)5-7/h3-5H,6H2,1-2H3,(H2,11,12). The highest BCUT2D eigenvalue weighted by atomic mass is 32.1. The van der Waals surface area contributed by atoms with Gasteiger partial charge in [0, 0.05) is 6.42 Å². The van der Waals surface area contributed by atoms with E-state index in [-0.39, 0.29) is 0 Å². The summed E-state index contributed by atoms with van der Waals surface area (Å²) in [6.45, 7) is 4.16. The summed E-state index contributed by atoms with van der Waals surface area (Å²) in [5.74, 6) is 0. The fourth-order valence-corrected chi connectivity index (χ4v) is 1.39. The van der Waals surface area contributed by atoms with Crippen molar-refractivity contribution in [1.29, 1.82) is 0 Å². The van der Waals surface area contributed by atoms with Gasteiger partial charge in [-0.1, -0.05) is 36.0 Å². The lowest BCUT2D eigenvalue weighted by molar-refractivity contribution is 1.24. The molecule has 0 aromatic heterocycles. The van der Waals surface area contributed by atoms with Gasteiger partial charge in [0.2, 0.25) is 0 Å². The van der Waals surface area contributed by atoms with Crippen LogP contribution in [0, 0.1) is 13.8 Å². The highest BCUT2D eigenvalue weighted by molar-refractivity contribution is 7.80. The average molecular weight is 179 g/mol. The molecule has 0 radical (unpaired) electrons. The van der Waals surface area contributed by atoms with Gasteiger partial charge in [0.05, 0.1) is 4.99 Å². The Morgan fingerprint density at radius 1 is 1.42 bits per heavy atom. The summed E-state index contributed by atoms with van der Waals surface area (Å²) in [6, 6.07) is 6.32. The molecule has 12 heavy (non-hydrogen) atoms. The van der Waals surface area contributed by atoms with Gasteiger partial charge < -0.3 is 5.73 Å². The van der Waals surface area contributed by atoms with Gasteiger partial charge in [-0.3, -0.25) is 0 Å². The highest BCUT2D eigenvalue weighted by Gasteiger charge is 1.98. The Morgan fingerprint density at radius 2 is 2.08 bits per heavy atom. The molecule has 0 aliphatic heterocycles. The molecule has 2 N–H and O–H groups in total. The minimum atomic E-state index is 0.557. The van der Waals surface area contributed by atoms with Crippen LogP contribution in [-0.2, 0) is 6.42 Å². The smallest absolute Gasteiger partial charge is 0.0771 e. The van der Waals surface area contributed by atoms with Gasteiger partial charge in [0.15, 0.2) is 0 Å². The van der Waals surface area contributed by atoms with E-state index in [2.05, 4.69) is 32.0 Å². The second-order valence-electron chi connectivity index (χ2n) is 3.07. The number of rotatable bonds is 2. The fourth-order valence-electron chi connectivity index (χ4n) is 1.23. The Kier molecular flexibility index (Phi) is 2.82. The van der Waals surface area contributed by atoms with Gasteiger partial charge in [-0.15, -0.1) is 0 Å². The number of thiocarbonyl (C=S) groups is 1. The molecule has 2 heteroatoms. The summed E-state index contributed by atoms with van der Waals surface area (Å²) in [5, 5.41) is 0. The first-order chi connectivity index (χ1) is 5.59. The summed E-state index contributed by atoms with van der Waals surface area (Å²) in [4.78, 5) is 0.557. The maximum absolute atomic E-state index is 5.46. The van der Waals surface area contributed by atoms with Crippen LogP contribution < -0.4 is 5.73 Å². The van der Waals surface area contributed by atoms with Crippen molar-refractivity contribution < 1.29 is 0 Å². The average Bonchev–Trinajstić information content (AvgIpc) is 1.94. The second kappa shape index (κ2) is 3.68. The van der Waals surface area contributed by atoms with Crippen molar-refractivity contribution in [3.8, 4) is 0 Å². The first-order valence-corrected chi connectivity index (χ1v) is 4.35. The lowest BCUT2D eigenvalue weighted by Gasteiger charge is -2.04. The maximum Gasteiger partial charge on any atom is 0.0771 e. The SMILES string of the molecule is Cc1ccc(CC(N)=S)c(C)c1. The molecule has 1 rings (SSSR count). The molecule has 1 nitrogen and oxygen atoms in total. The normalized spacial score (nSPS) is 9.83. The summed E-state index contributed by atoms with van der Waals surface area (Å²) >= 11 is 4.85. The van der Waals surface area contributed by atoms with Gasteiger partial charge in [0.1, 0.15) is 0 Å². The first kappa shape index (κ1) is 9.20. The number of hydrogen-bond donors (Lipinski definition) is 1. The van der Waals surface area contributed by atoms with Crippen molar-refractivity contribution in [3.05, 3.63) is 34.9 Å². The molecule has 0 fully saturated rings. The third kappa shape index (κ3) is 2.31. The van der Waals surface area contributed by atoms with Crippen LogP contribution in [0.4, 0.5) is 0 Å². The number of aryl methyl sites for hydroxylation is 2. The van der Waals surface area contributed by atoms with Crippen molar-refractivity contribution in [2.24, 2.45) is 5.73 Å². The third-order valence-corrected chi connectivity index (χ3v) is 2.01. The van der Waals surface area contributed by atoms with E-state index in [9.17, 15) is 0 Å². The largest absolute Gasteiger partial charge is 0.393 e. The molecule has 1 aromatic carbocycles. The van der Waals surface area contributed by atoms with Gasteiger partial charge in [-0.2, -0.15) is 0 Å². The molecule has 0 unspecified atom stereocenters. The van der Waals surface area contributed by atoms with Gasteiger partial charge in [-0.25, -0.2) is 0 Å². The zero-order chi connectivity index (χ0) is 9.14. The van der Waals surface area contributed by atoms with Crippen molar-refractivity contribution in [1.82, 2.24) is 0 Å². The van der Waals surface area contributed by atoms with Crippen molar-refractivity contribution in [3.63, 3.8) is 0 Å². The van der Waals surface area contributed by atoms with Crippen LogP contribution in [0.15, 0.2) is 18.2 Å². The Labute approximate surface area is 78.6 Å². The molecule has 0 spiro atoms. The molecule has 0 atom stereocenters. The van der Waals surface area contributed by atoms with Gasteiger partial charge in [0.25, 0.3) is 0 Å². The predicted molar refractivity (Wildman–Crippen MR) is 56.4 cm³/mol. The van der Waals surface area contributed by atoms with Crippen molar-refractivity contribution in [2.75, 3.05) is 0 Å². The summed E-state index contributed by atoms with van der Waals surface area (Å²) in [7, 11) is 0. The van der Waals surface area contributed by atoms with E-state index in [0.717, 1.165) is 0 Å². The molecule has 0 heterocycles. The fraction of sp³-hybridized carbons (Fsp3) is 0.300. The van der Waals surface area contributed by atoms with E-state index in [0.29, 0.717) is 11.4 Å². The lowest BCUT2D eigenvalue weighted by atomic mass is 10.0. The highest BCUT2D eigenvalue weighted by Crippen LogP contribution is 2.10. The lowest BCUT2D eigenvalue weighted by Crippen LogP contribution is -2.11. The zero-order valence-corrected chi connectivity index (χ0v) is 8.24. The molecule has 0 bridgehead atoms. The quantitative estimate of drug-likeness (QED) is 0.704. The number of nitrogens with two attached hydrogens (primary N) is 1. The topological polar surface area (TPSA) is 26.0 Å². The van der Waals surface area contributed by atoms with Gasteiger partial charge >= 0.3 is 0 Å². The Balaban J connectivity index is 2.93. The molecule has 64 valence electrons. The maximum atomic E-state index is 5.46. The Hall–Kier alpha value is -0.890. The molecular weight excluding hydrogens is 166 g/mol. The van der Waals surface area contributed by atoms with Crippen LogP contribution in [0.2, 0.25) is 0 Å². The predicted octanol–water partition coefficient (Wildman–Crippen LogP) is 2.13. The van der Waals surface area contributed by atoms with E-state index in [1.807, 2.05) is 0 Å². The Bertz CT molecular complexity index is 305. The second-order valence-corrected chi connectivity index (χ2v) is 3.60. The molecule has 0 saturated heterocycles. The Morgan fingerprint density at radius 3 is 2.58 bits per heavy atom. The minimum Gasteiger partial charge on any atom is -0.393 e. The molecule has 0 aliphatic carbocycles. The van der Waals surface area contributed by atoms with E-state index in [1.54, 1.807) is 0 Å². The first-order valence-electron chi connectivity index (χ1n) is 3.94. The minimum absolute atomic E-state index is 0.557. The van der Waals surface area contributed by atoms with Crippen molar-refractivity contribution >= 4 is 17.2 Å². The molecular formula is C10H13NS. The van der Waals surface area contributed by atoms with Crippen LogP contribution in [0.3, 0.4) is 0 Å². The molecule has 1 aromatic rings. The van der Waals surface area contributed by atoms with Crippen molar-refractivity contribution in [2.45, 2.75) is 20.3 Å². The van der Waals surface area contributed by atoms with E-state index < -0.39 is 0 Å². The van der Waals surface area contributed by atoms with Crippen LogP contribution in [0.5, 0.6) is 0 Å². The van der Waals surface area contributed by atoms with Crippen LogP contribution in [0.1, 0.15) is 16.7 Å². The van der Waals surface area contributed by atoms with Crippen LogP contribution >= 0.6 is 12.2 Å². The monoisotopic (exact) mass is 179 g/mol. The summed E-state index contributed by atoms with van der Waals surface area (Å²) in [5.41, 5.74) is 9.24. The summed E-state index contributed by atoms with van der Waals surface area (Å²) < 4.78 is 0. The molecule has 0 amide bonds. The summed E-state index contributed by atoms with van der Waals surface area (Å²) in [6.07, 6.45) is 0.710. The number of hydrogen-bond acceptors (Lipinski definition) is 1. The van der Waals surface area contributed by atoms with E-state index in [4.69, 9.17) is 18.0 Å². The van der Waals surface area contributed by atoms with E-state index in [1.165, 1.54) is 16.7 Å². The zero-order valence-electron chi connectivity index (χ0n) is 7.42.